The summed E-state index contributed by atoms with van der Waals surface area (Å²) in [6.07, 6.45) is 0. The highest BCUT2D eigenvalue weighted by molar-refractivity contribution is 5.70. The molecule has 28 heavy (non-hydrogen) atoms. The maximum Gasteiger partial charge on any atom is 0.142 e. The number of nitrogens with zero attached hydrogens (tertiary/aromatic N) is 2. The van der Waals surface area contributed by atoms with Crippen LogP contribution in [0.25, 0.3) is 0 Å². The Bertz CT molecular complexity index is 976. The van der Waals surface area contributed by atoms with E-state index in [1.165, 1.54) is 0 Å². The van der Waals surface area contributed by atoms with E-state index in [0.29, 0.717) is 23.2 Å². The molecule has 3 aromatic rings. The Morgan fingerprint density at radius 3 is 1.82 bits per heavy atom. The zero-order valence-electron chi connectivity index (χ0n) is 16.7. The van der Waals surface area contributed by atoms with Crippen LogP contribution in [-0.4, -0.2) is 31.3 Å². The molecule has 0 atom stereocenters. The molecule has 7 heteroatoms. The van der Waals surface area contributed by atoms with Gasteiger partial charge in [-0.15, -0.1) is 0 Å². The molecule has 1 aromatic heterocycles. The first-order chi connectivity index (χ1) is 13.5. The van der Waals surface area contributed by atoms with Crippen LogP contribution in [0.5, 0.6) is 17.2 Å². The molecule has 2 aromatic carbocycles. The van der Waals surface area contributed by atoms with Crippen molar-refractivity contribution in [1.29, 1.82) is 0 Å². The highest BCUT2D eigenvalue weighted by Crippen LogP contribution is 2.32. The Labute approximate surface area is 164 Å². The summed E-state index contributed by atoms with van der Waals surface area (Å²) in [5.74, 6) is 4.06. The molecular weight excluding hydrogens is 356 g/mol. The number of ether oxygens (including phenoxy) is 3. The number of aromatic nitrogens is 2. The third-order valence-electron chi connectivity index (χ3n) is 4.13. The van der Waals surface area contributed by atoms with Crippen molar-refractivity contribution in [3.8, 4) is 17.2 Å². The maximum atomic E-state index is 5.43. The van der Waals surface area contributed by atoms with Crippen LogP contribution in [0.4, 0.5) is 23.0 Å². The van der Waals surface area contributed by atoms with E-state index in [1.807, 2.05) is 56.3 Å². The van der Waals surface area contributed by atoms with Gasteiger partial charge in [-0.1, -0.05) is 6.07 Å². The summed E-state index contributed by atoms with van der Waals surface area (Å²) >= 11 is 0. The Morgan fingerprint density at radius 1 is 0.679 bits per heavy atom. The Morgan fingerprint density at radius 2 is 1.25 bits per heavy atom. The van der Waals surface area contributed by atoms with Gasteiger partial charge in [0, 0.05) is 12.1 Å². The van der Waals surface area contributed by atoms with Gasteiger partial charge in [-0.25, -0.2) is 9.97 Å². The molecule has 0 aliphatic heterocycles. The second-order valence-corrected chi connectivity index (χ2v) is 6.21. The Hall–Kier alpha value is -3.48. The number of benzene rings is 2. The Kier molecular flexibility index (Phi) is 5.84. The van der Waals surface area contributed by atoms with Crippen molar-refractivity contribution in [2.75, 3.05) is 32.0 Å². The molecule has 7 nitrogen and oxygen atoms in total. The second kappa shape index (κ2) is 8.47. The summed E-state index contributed by atoms with van der Waals surface area (Å²) < 4.78 is 16.2. The minimum atomic E-state index is 0.626. The van der Waals surface area contributed by atoms with Gasteiger partial charge in [0.15, 0.2) is 0 Å². The molecule has 0 spiro atoms. The van der Waals surface area contributed by atoms with Gasteiger partial charge in [0.25, 0.3) is 0 Å². The van der Waals surface area contributed by atoms with Crippen molar-refractivity contribution in [3.63, 3.8) is 0 Å². The minimum absolute atomic E-state index is 0.626. The van der Waals surface area contributed by atoms with Crippen molar-refractivity contribution in [1.82, 2.24) is 9.97 Å². The molecule has 3 rings (SSSR count). The minimum Gasteiger partial charge on any atom is -0.497 e. The molecule has 0 saturated carbocycles. The zero-order chi connectivity index (χ0) is 20.1. The second-order valence-electron chi connectivity index (χ2n) is 6.21. The summed E-state index contributed by atoms with van der Waals surface area (Å²) in [7, 11) is 4.88. The number of aryl methyl sites for hydroxylation is 2. The van der Waals surface area contributed by atoms with Crippen molar-refractivity contribution < 1.29 is 14.2 Å². The van der Waals surface area contributed by atoms with Gasteiger partial charge < -0.3 is 24.8 Å². The number of hydrogen-bond donors (Lipinski definition) is 2. The molecule has 0 bridgehead atoms. The van der Waals surface area contributed by atoms with Gasteiger partial charge in [0.1, 0.15) is 34.7 Å². The van der Waals surface area contributed by atoms with Crippen molar-refractivity contribution in [3.05, 3.63) is 53.9 Å². The fourth-order valence-corrected chi connectivity index (χ4v) is 2.80. The fourth-order valence-electron chi connectivity index (χ4n) is 2.80. The monoisotopic (exact) mass is 380 g/mol. The van der Waals surface area contributed by atoms with E-state index in [0.717, 1.165) is 28.4 Å². The van der Waals surface area contributed by atoms with Crippen molar-refractivity contribution in [2.45, 2.75) is 13.8 Å². The predicted molar refractivity (Wildman–Crippen MR) is 111 cm³/mol. The third-order valence-corrected chi connectivity index (χ3v) is 4.13. The maximum absolute atomic E-state index is 5.43. The summed E-state index contributed by atoms with van der Waals surface area (Å²) in [6.45, 7) is 3.87. The highest BCUT2D eigenvalue weighted by atomic mass is 16.5. The van der Waals surface area contributed by atoms with Gasteiger partial charge in [0.2, 0.25) is 0 Å². The van der Waals surface area contributed by atoms with Gasteiger partial charge in [-0.05, 0) is 43.7 Å². The van der Waals surface area contributed by atoms with Gasteiger partial charge >= 0.3 is 0 Å². The largest absolute Gasteiger partial charge is 0.497 e. The molecule has 2 N–H and O–H groups in total. The topological polar surface area (TPSA) is 77.5 Å². The van der Waals surface area contributed by atoms with Gasteiger partial charge in [0.05, 0.1) is 32.7 Å². The molecule has 0 amide bonds. The lowest BCUT2D eigenvalue weighted by Gasteiger charge is -2.15. The third kappa shape index (κ3) is 4.43. The van der Waals surface area contributed by atoms with Crippen LogP contribution in [0.1, 0.15) is 11.4 Å². The summed E-state index contributed by atoms with van der Waals surface area (Å²) in [5, 5.41) is 6.59. The molecule has 0 radical (unpaired) electrons. The quantitative estimate of drug-likeness (QED) is 0.620. The smallest absolute Gasteiger partial charge is 0.142 e. The molecule has 0 aliphatic carbocycles. The standard InChI is InChI=1S/C21H24N4O3/c1-13-6-8-18(27-4)16(10-13)24-20-12-21(23-14(2)22-20)25-17-11-15(26-3)7-9-19(17)28-5/h6-12H,1-5H3,(H2,22,23,24,25). The van der Waals surface area contributed by atoms with Crippen LogP contribution in [0.2, 0.25) is 0 Å². The highest BCUT2D eigenvalue weighted by Gasteiger charge is 2.10. The average molecular weight is 380 g/mol. The molecule has 0 saturated heterocycles. The first-order valence-electron chi connectivity index (χ1n) is 8.78. The lowest BCUT2D eigenvalue weighted by Crippen LogP contribution is -2.03. The fraction of sp³-hybridized carbons (Fsp3) is 0.238. The Balaban J connectivity index is 1.92. The molecule has 0 aliphatic rings. The zero-order valence-corrected chi connectivity index (χ0v) is 16.7. The van der Waals surface area contributed by atoms with Crippen LogP contribution in [0, 0.1) is 13.8 Å². The van der Waals surface area contributed by atoms with Gasteiger partial charge in [-0.3, -0.25) is 0 Å². The predicted octanol–water partition coefficient (Wildman–Crippen LogP) is 4.61. The number of rotatable bonds is 7. The van der Waals surface area contributed by atoms with Crippen molar-refractivity contribution in [2.24, 2.45) is 0 Å². The van der Waals surface area contributed by atoms with E-state index in [4.69, 9.17) is 14.2 Å². The van der Waals surface area contributed by atoms with Crippen LogP contribution < -0.4 is 24.8 Å². The first-order valence-corrected chi connectivity index (χ1v) is 8.78. The summed E-state index contributed by atoms with van der Waals surface area (Å²) in [6, 6.07) is 13.3. The van der Waals surface area contributed by atoms with Crippen molar-refractivity contribution >= 4 is 23.0 Å². The molecule has 0 fully saturated rings. The lowest BCUT2D eigenvalue weighted by atomic mass is 10.2. The van der Waals surface area contributed by atoms with Crippen LogP contribution in [-0.2, 0) is 0 Å². The SMILES string of the molecule is COc1ccc(OC)c(Nc2cc(Nc3cc(C)ccc3OC)nc(C)n2)c1. The average Bonchev–Trinajstić information content (AvgIpc) is 2.67. The normalized spacial score (nSPS) is 10.3. The first kappa shape index (κ1) is 19.3. The van der Waals surface area contributed by atoms with Crippen LogP contribution in [0.15, 0.2) is 42.5 Å². The van der Waals surface area contributed by atoms with E-state index >= 15 is 0 Å². The number of nitrogens with one attached hydrogen (secondary N) is 2. The molecule has 146 valence electrons. The van der Waals surface area contributed by atoms with E-state index in [-0.39, 0.29) is 0 Å². The summed E-state index contributed by atoms with van der Waals surface area (Å²) in [5.41, 5.74) is 2.71. The van der Waals surface area contributed by atoms with E-state index < -0.39 is 0 Å². The molecular formula is C21H24N4O3. The van der Waals surface area contributed by atoms with Gasteiger partial charge in [-0.2, -0.15) is 0 Å². The van der Waals surface area contributed by atoms with E-state index in [2.05, 4.69) is 20.6 Å². The van der Waals surface area contributed by atoms with Crippen LogP contribution >= 0.6 is 0 Å². The van der Waals surface area contributed by atoms with E-state index in [1.54, 1.807) is 21.3 Å². The number of anilines is 4. The summed E-state index contributed by atoms with van der Waals surface area (Å²) in [4.78, 5) is 8.95. The number of hydrogen-bond acceptors (Lipinski definition) is 7. The number of methoxy groups -OCH3 is 3. The molecule has 0 unspecified atom stereocenters. The van der Waals surface area contributed by atoms with Crippen LogP contribution in [0.3, 0.4) is 0 Å². The lowest BCUT2D eigenvalue weighted by molar-refractivity contribution is 0.405. The van der Waals surface area contributed by atoms with E-state index in [9.17, 15) is 0 Å². The molecule has 1 heterocycles.